The number of nitrogens with zero attached hydrogens (tertiary/aromatic N) is 4. The number of anilines is 1. The second-order valence-corrected chi connectivity index (χ2v) is 5.82. The van der Waals surface area contributed by atoms with Crippen LogP contribution in [0.3, 0.4) is 0 Å². The van der Waals surface area contributed by atoms with Crippen LogP contribution in [-0.2, 0) is 13.1 Å². The molecule has 0 amide bonds. The summed E-state index contributed by atoms with van der Waals surface area (Å²) in [6, 6.07) is 8.17. The lowest BCUT2D eigenvalue weighted by molar-refractivity contribution is 0.414. The van der Waals surface area contributed by atoms with Crippen LogP contribution in [0.25, 0.3) is 11.2 Å². The third-order valence-corrected chi connectivity index (χ3v) is 3.80. The summed E-state index contributed by atoms with van der Waals surface area (Å²) < 4.78 is 7.28. The van der Waals surface area contributed by atoms with Gasteiger partial charge in [0.05, 0.1) is 20.0 Å². The van der Waals surface area contributed by atoms with E-state index in [1.807, 2.05) is 28.8 Å². The smallest absolute Gasteiger partial charge is 0.166 e. The van der Waals surface area contributed by atoms with Crippen LogP contribution >= 0.6 is 0 Å². The normalized spacial score (nSPS) is 11.2. The molecule has 0 saturated carbocycles. The molecule has 0 bridgehead atoms. The van der Waals surface area contributed by atoms with Crippen LogP contribution in [0.15, 0.2) is 30.6 Å². The van der Waals surface area contributed by atoms with Crippen molar-refractivity contribution in [2.75, 3.05) is 12.4 Å². The Morgan fingerprint density at radius 2 is 2.12 bits per heavy atom. The molecule has 0 aliphatic heterocycles. The predicted octanol–water partition coefficient (Wildman–Crippen LogP) is 2.49. The molecule has 0 atom stereocenters. The number of hydrogen-bond acceptors (Lipinski definition) is 6. The fourth-order valence-corrected chi connectivity index (χ4v) is 2.52. The zero-order valence-corrected chi connectivity index (χ0v) is 14.2. The Hall–Kier alpha value is -2.67. The van der Waals surface area contributed by atoms with Gasteiger partial charge in [0.1, 0.15) is 17.1 Å². The first-order chi connectivity index (χ1) is 11.6. The van der Waals surface area contributed by atoms with E-state index in [9.17, 15) is 0 Å². The van der Waals surface area contributed by atoms with Crippen LogP contribution in [0, 0.1) is 0 Å². The van der Waals surface area contributed by atoms with Gasteiger partial charge in [0.2, 0.25) is 0 Å². The first-order valence-electron chi connectivity index (χ1n) is 7.92. The Bertz CT molecular complexity index is 842. The van der Waals surface area contributed by atoms with Crippen LogP contribution in [0.1, 0.15) is 31.3 Å². The summed E-state index contributed by atoms with van der Waals surface area (Å²) in [4.78, 5) is 13.5. The molecule has 0 radical (unpaired) electrons. The highest BCUT2D eigenvalue weighted by atomic mass is 16.5. The van der Waals surface area contributed by atoms with Gasteiger partial charge in [-0.3, -0.25) is 0 Å². The van der Waals surface area contributed by atoms with Gasteiger partial charge < -0.3 is 20.4 Å². The van der Waals surface area contributed by atoms with Crippen LogP contribution < -0.4 is 15.8 Å². The molecule has 7 heteroatoms. The molecular weight excluding hydrogens is 304 g/mol. The van der Waals surface area contributed by atoms with Crippen molar-refractivity contribution in [2.45, 2.75) is 33.0 Å². The molecule has 0 aliphatic carbocycles. The highest BCUT2D eigenvalue weighted by Gasteiger charge is 2.14. The minimum atomic E-state index is 0.266. The van der Waals surface area contributed by atoms with Gasteiger partial charge >= 0.3 is 0 Å². The molecule has 3 aromatic rings. The molecule has 126 valence electrons. The molecule has 2 aromatic heterocycles. The predicted molar refractivity (Wildman–Crippen MR) is 93.9 cm³/mol. The van der Waals surface area contributed by atoms with Gasteiger partial charge in [-0.15, -0.1) is 0 Å². The molecule has 0 fully saturated rings. The number of hydrogen-bond donors (Lipinski definition) is 2. The number of ether oxygens (including phenoxy) is 1. The van der Waals surface area contributed by atoms with Crippen molar-refractivity contribution in [1.82, 2.24) is 19.5 Å². The lowest BCUT2D eigenvalue weighted by Gasteiger charge is -2.11. The molecule has 7 nitrogen and oxygen atoms in total. The first-order valence-corrected chi connectivity index (χ1v) is 7.92. The zero-order chi connectivity index (χ0) is 17.1. The lowest BCUT2D eigenvalue weighted by atomic mass is 10.2. The third-order valence-electron chi connectivity index (χ3n) is 3.80. The number of fused-ring (bicyclic) bond motifs is 1. The summed E-state index contributed by atoms with van der Waals surface area (Å²) >= 11 is 0. The summed E-state index contributed by atoms with van der Waals surface area (Å²) in [5.74, 6) is 2.12. The maximum absolute atomic E-state index is 5.75. The van der Waals surface area contributed by atoms with Crippen molar-refractivity contribution in [1.29, 1.82) is 0 Å². The molecule has 0 unspecified atom stereocenters. The summed E-state index contributed by atoms with van der Waals surface area (Å²) in [6.45, 7) is 5.08. The average Bonchev–Trinajstić information content (AvgIpc) is 3.04. The Kier molecular flexibility index (Phi) is 4.61. The number of benzene rings is 1. The highest BCUT2D eigenvalue weighted by Crippen LogP contribution is 2.22. The molecule has 0 aliphatic rings. The van der Waals surface area contributed by atoms with Crippen LogP contribution in [0.4, 0.5) is 5.82 Å². The quantitative estimate of drug-likeness (QED) is 0.723. The number of rotatable bonds is 6. The fraction of sp³-hybridized carbons (Fsp3) is 0.353. The number of nitrogens with two attached hydrogens (primary N) is 1. The SMILES string of the molecule is COc1cccc(CNc2nc(CN)nc3c2ncn3C(C)C)c1. The average molecular weight is 326 g/mol. The van der Waals surface area contributed by atoms with E-state index in [2.05, 4.69) is 34.1 Å². The Balaban J connectivity index is 1.93. The molecule has 3 N–H and O–H groups in total. The number of methoxy groups -OCH3 is 1. The molecule has 0 spiro atoms. The second kappa shape index (κ2) is 6.84. The van der Waals surface area contributed by atoms with Gasteiger partial charge in [-0.25, -0.2) is 15.0 Å². The van der Waals surface area contributed by atoms with E-state index in [0.29, 0.717) is 18.2 Å². The number of imidazole rings is 1. The summed E-state index contributed by atoms with van der Waals surface area (Å²) in [5.41, 5.74) is 8.40. The van der Waals surface area contributed by atoms with E-state index >= 15 is 0 Å². The van der Waals surface area contributed by atoms with E-state index in [0.717, 1.165) is 22.5 Å². The van der Waals surface area contributed by atoms with Gasteiger partial charge in [-0.05, 0) is 31.5 Å². The fourth-order valence-electron chi connectivity index (χ4n) is 2.52. The minimum Gasteiger partial charge on any atom is -0.497 e. The monoisotopic (exact) mass is 326 g/mol. The Morgan fingerprint density at radius 3 is 2.83 bits per heavy atom. The third kappa shape index (κ3) is 3.16. The van der Waals surface area contributed by atoms with Crippen molar-refractivity contribution in [3.05, 3.63) is 42.0 Å². The molecule has 2 heterocycles. The van der Waals surface area contributed by atoms with E-state index in [1.54, 1.807) is 13.4 Å². The zero-order valence-electron chi connectivity index (χ0n) is 14.2. The van der Waals surface area contributed by atoms with Crippen molar-refractivity contribution >= 4 is 17.0 Å². The van der Waals surface area contributed by atoms with Crippen molar-refractivity contribution in [3.8, 4) is 5.75 Å². The Labute approximate surface area is 140 Å². The van der Waals surface area contributed by atoms with Crippen LogP contribution in [0.2, 0.25) is 0 Å². The summed E-state index contributed by atoms with van der Waals surface area (Å²) in [7, 11) is 1.66. The maximum Gasteiger partial charge on any atom is 0.166 e. The van der Waals surface area contributed by atoms with Gasteiger partial charge in [0.25, 0.3) is 0 Å². The molecular formula is C17H22N6O. The number of nitrogens with one attached hydrogen (secondary N) is 1. The standard InChI is InChI=1S/C17H22N6O/c1-11(2)23-10-20-15-16(21-14(8-18)22-17(15)23)19-9-12-5-4-6-13(7-12)24-3/h4-7,10-11H,8-9,18H2,1-3H3,(H,19,21,22). The van der Waals surface area contributed by atoms with Crippen molar-refractivity contribution < 1.29 is 4.74 Å². The van der Waals surface area contributed by atoms with E-state index in [4.69, 9.17) is 10.5 Å². The van der Waals surface area contributed by atoms with Gasteiger partial charge in [0.15, 0.2) is 11.5 Å². The molecule has 0 saturated heterocycles. The van der Waals surface area contributed by atoms with Gasteiger partial charge in [-0.1, -0.05) is 12.1 Å². The van der Waals surface area contributed by atoms with Gasteiger partial charge in [0, 0.05) is 12.6 Å². The number of aromatic nitrogens is 4. The molecule has 1 aromatic carbocycles. The first kappa shape index (κ1) is 16.2. The van der Waals surface area contributed by atoms with E-state index < -0.39 is 0 Å². The molecule has 3 rings (SSSR count). The Morgan fingerprint density at radius 1 is 1.29 bits per heavy atom. The van der Waals surface area contributed by atoms with E-state index in [1.165, 1.54) is 0 Å². The van der Waals surface area contributed by atoms with Crippen molar-refractivity contribution in [3.63, 3.8) is 0 Å². The second-order valence-electron chi connectivity index (χ2n) is 5.82. The summed E-state index contributed by atoms with van der Waals surface area (Å²) in [6.07, 6.45) is 1.79. The maximum atomic E-state index is 5.75. The van der Waals surface area contributed by atoms with E-state index in [-0.39, 0.29) is 12.6 Å². The lowest BCUT2D eigenvalue weighted by Crippen LogP contribution is -2.10. The van der Waals surface area contributed by atoms with Crippen molar-refractivity contribution in [2.24, 2.45) is 5.73 Å². The minimum absolute atomic E-state index is 0.266. The topological polar surface area (TPSA) is 90.9 Å². The van der Waals surface area contributed by atoms with Gasteiger partial charge in [-0.2, -0.15) is 0 Å². The largest absolute Gasteiger partial charge is 0.497 e. The highest BCUT2D eigenvalue weighted by molar-refractivity contribution is 5.83. The summed E-state index contributed by atoms with van der Waals surface area (Å²) in [5, 5.41) is 3.34. The molecule has 24 heavy (non-hydrogen) atoms. The van der Waals surface area contributed by atoms with Crippen LogP contribution in [-0.4, -0.2) is 26.6 Å². The van der Waals surface area contributed by atoms with Crippen LogP contribution in [0.5, 0.6) is 5.75 Å².